The molecule has 33 heavy (non-hydrogen) atoms. The zero-order valence-electron chi connectivity index (χ0n) is 18.6. The highest BCUT2D eigenvalue weighted by Crippen LogP contribution is 2.19. The van der Waals surface area contributed by atoms with Gasteiger partial charge < -0.3 is 4.74 Å². The van der Waals surface area contributed by atoms with Crippen LogP contribution < -0.4 is 0 Å². The average molecular weight is 435 g/mol. The molecule has 3 aromatic carbocycles. The standard InChI is InChI=1S/C29H26N2O2/c1-2-33-29(32)27(21-22-16-18-23(19-17-22)26-15-9-10-20-30-26)31-28(24-11-5-3-6-12-24)25-13-7-4-8-14-25/h3-20,27H,2,21H2,1H3/t27-/m1/s1. The van der Waals surface area contributed by atoms with Crippen molar-refractivity contribution in [3.63, 3.8) is 0 Å². The Bertz CT molecular complexity index is 1150. The van der Waals surface area contributed by atoms with Crippen molar-refractivity contribution >= 4 is 11.7 Å². The maximum atomic E-state index is 12.9. The molecule has 0 N–H and O–H groups in total. The van der Waals surface area contributed by atoms with Gasteiger partial charge in [-0.2, -0.15) is 0 Å². The molecule has 0 bridgehead atoms. The number of aliphatic imine (C=N–C) groups is 1. The zero-order chi connectivity index (χ0) is 22.9. The van der Waals surface area contributed by atoms with Crippen LogP contribution in [0, 0.1) is 0 Å². The Morgan fingerprint density at radius 2 is 1.42 bits per heavy atom. The minimum atomic E-state index is -0.652. The normalized spacial score (nSPS) is 11.4. The summed E-state index contributed by atoms with van der Waals surface area (Å²) < 4.78 is 5.39. The van der Waals surface area contributed by atoms with E-state index in [-0.39, 0.29) is 5.97 Å². The van der Waals surface area contributed by atoms with Gasteiger partial charge in [0.1, 0.15) is 0 Å². The highest BCUT2D eigenvalue weighted by atomic mass is 16.5. The molecule has 0 spiro atoms. The van der Waals surface area contributed by atoms with Gasteiger partial charge in [-0.05, 0) is 24.6 Å². The van der Waals surface area contributed by atoms with Crippen molar-refractivity contribution < 1.29 is 9.53 Å². The number of rotatable bonds is 8. The first-order chi connectivity index (χ1) is 16.2. The quantitative estimate of drug-likeness (QED) is 0.262. The summed E-state index contributed by atoms with van der Waals surface area (Å²) in [7, 11) is 0. The summed E-state index contributed by atoms with van der Waals surface area (Å²) >= 11 is 0. The first kappa shape index (κ1) is 22.2. The fraction of sp³-hybridized carbons (Fsp3) is 0.138. The van der Waals surface area contributed by atoms with Crippen LogP contribution >= 0.6 is 0 Å². The maximum absolute atomic E-state index is 12.9. The lowest BCUT2D eigenvalue weighted by molar-refractivity contribution is -0.144. The van der Waals surface area contributed by atoms with Gasteiger partial charge in [-0.3, -0.25) is 9.98 Å². The molecule has 4 rings (SSSR count). The SMILES string of the molecule is CCOC(=O)[C@@H](Cc1ccc(-c2ccccn2)cc1)N=C(c1ccccc1)c1ccccc1. The smallest absolute Gasteiger partial charge is 0.331 e. The van der Waals surface area contributed by atoms with Crippen molar-refractivity contribution in [3.8, 4) is 11.3 Å². The van der Waals surface area contributed by atoms with E-state index in [1.807, 2.05) is 110 Å². The number of ether oxygens (including phenoxy) is 1. The molecular formula is C29H26N2O2. The Balaban J connectivity index is 1.67. The summed E-state index contributed by atoms with van der Waals surface area (Å²) in [4.78, 5) is 22.2. The molecule has 1 heterocycles. The third kappa shape index (κ3) is 5.80. The van der Waals surface area contributed by atoms with E-state index in [1.165, 1.54) is 0 Å². The minimum absolute atomic E-state index is 0.315. The lowest BCUT2D eigenvalue weighted by Crippen LogP contribution is -2.26. The number of benzene rings is 3. The van der Waals surface area contributed by atoms with E-state index in [9.17, 15) is 4.79 Å². The fourth-order valence-corrected chi connectivity index (χ4v) is 3.65. The molecule has 0 saturated carbocycles. The van der Waals surface area contributed by atoms with Gasteiger partial charge in [0.2, 0.25) is 0 Å². The molecule has 4 aromatic rings. The molecule has 0 unspecified atom stereocenters. The van der Waals surface area contributed by atoms with Crippen LogP contribution in [-0.2, 0) is 16.0 Å². The van der Waals surface area contributed by atoms with Crippen molar-refractivity contribution in [2.24, 2.45) is 4.99 Å². The third-order valence-corrected chi connectivity index (χ3v) is 5.28. The number of pyridine rings is 1. The summed E-state index contributed by atoms with van der Waals surface area (Å²) in [5.41, 5.74) is 5.66. The van der Waals surface area contributed by atoms with Crippen molar-refractivity contribution in [1.82, 2.24) is 4.98 Å². The van der Waals surface area contributed by atoms with E-state index in [1.54, 1.807) is 6.20 Å². The van der Waals surface area contributed by atoms with Crippen LogP contribution in [-0.4, -0.2) is 29.3 Å². The number of hydrogen-bond acceptors (Lipinski definition) is 4. The molecule has 0 radical (unpaired) electrons. The van der Waals surface area contributed by atoms with Gasteiger partial charge >= 0.3 is 5.97 Å². The lowest BCUT2D eigenvalue weighted by Gasteiger charge is -2.15. The van der Waals surface area contributed by atoms with Crippen LogP contribution in [0.2, 0.25) is 0 Å². The predicted octanol–water partition coefficient (Wildman–Crippen LogP) is 5.76. The van der Waals surface area contributed by atoms with Gasteiger partial charge in [0.15, 0.2) is 6.04 Å². The predicted molar refractivity (Wildman–Crippen MR) is 132 cm³/mol. The number of carbonyl (C=O) groups is 1. The molecule has 1 aromatic heterocycles. The van der Waals surface area contributed by atoms with Gasteiger partial charge in [-0.1, -0.05) is 91.0 Å². The molecule has 4 heteroatoms. The molecule has 0 aliphatic rings. The monoisotopic (exact) mass is 434 g/mol. The summed E-state index contributed by atoms with van der Waals surface area (Å²) in [5, 5.41) is 0. The average Bonchev–Trinajstić information content (AvgIpc) is 2.88. The highest BCUT2D eigenvalue weighted by molar-refractivity contribution is 6.13. The number of hydrogen-bond donors (Lipinski definition) is 0. The Morgan fingerprint density at radius 3 is 1.97 bits per heavy atom. The molecule has 4 nitrogen and oxygen atoms in total. The molecule has 0 aliphatic heterocycles. The molecule has 0 aliphatic carbocycles. The van der Waals surface area contributed by atoms with Crippen LogP contribution in [0.5, 0.6) is 0 Å². The summed E-state index contributed by atoms with van der Waals surface area (Å²) in [6, 6.07) is 33.2. The van der Waals surface area contributed by atoms with Crippen LogP contribution in [0.1, 0.15) is 23.6 Å². The molecule has 164 valence electrons. The van der Waals surface area contributed by atoms with Crippen molar-refractivity contribution in [3.05, 3.63) is 126 Å². The lowest BCUT2D eigenvalue weighted by atomic mass is 10.00. The van der Waals surface area contributed by atoms with Gasteiger partial charge in [0.25, 0.3) is 0 Å². The number of esters is 1. The summed E-state index contributed by atoms with van der Waals surface area (Å²) in [6.45, 7) is 2.13. The Labute approximate surface area is 194 Å². The van der Waals surface area contributed by atoms with E-state index in [4.69, 9.17) is 9.73 Å². The Kier molecular flexibility index (Phi) is 7.39. The minimum Gasteiger partial charge on any atom is -0.464 e. The van der Waals surface area contributed by atoms with Crippen LogP contribution in [0.15, 0.2) is 114 Å². The van der Waals surface area contributed by atoms with Gasteiger partial charge in [0, 0.05) is 29.3 Å². The fourth-order valence-electron chi connectivity index (χ4n) is 3.65. The Hall–Kier alpha value is -4.05. The highest BCUT2D eigenvalue weighted by Gasteiger charge is 2.21. The third-order valence-electron chi connectivity index (χ3n) is 5.28. The molecule has 0 saturated heterocycles. The van der Waals surface area contributed by atoms with Gasteiger partial charge in [-0.15, -0.1) is 0 Å². The van der Waals surface area contributed by atoms with Crippen molar-refractivity contribution in [2.45, 2.75) is 19.4 Å². The van der Waals surface area contributed by atoms with E-state index < -0.39 is 6.04 Å². The zero-order valence-corrected chi connectivity index (χ0v) is 18.6. The van der Waals surface area contributed by atoms with Crippen LogP contribution in [0.3, 0.4) is 0 Å². The first-order valence-electron chi connectivity index (χ1n) is 11.1. The van der Waals surface area contributed by atoms with Crippen LogP contribution in [0.25, 0.3) is 11.3 Å². The second kappa shape index (κ2) is 11.0. The van der Waals surface area contributed by atoms with Crippen molar-refractivity contribution in [2.75, 3.05) is 6.61 Å². The van der Waals surface area contributed by atoms with E-state index in [0.29, 0.717) is 13.0 Å². The summed E-state index contributed by atoms with van der Waals surface area (Å²) in [5.74, 6) is -0.323. The van der Waals surface area contributed by atoms with Gasteiger partial charge in [-0.25, -0.2) is 4.79 Å². The van der Waals surface area contributed by atoms with E-state index >= 15 is 0 Å². The van der Waals surface area contributed by atoms with Crippen molar-refractivity contribution in [1.29, 1.82) is 0 Å². The molecule has 0 fully saturated rings. The topological polar surface area (TPSA) is 51.5 Å². The second-order valence-electron chi connectivity index (χ2n) is 7.59. The molecule has 1 atom stereocenters. The molecule has 0 amide bonds. The maximum Gasteiger partial charge on any atom is 0.331 e. The number of aromatic nitrogens is 1. The van der Waals surface area contributed by atoms with Gasteiger partial charge in [0.05, 0.1) is 18.0 Å². The molecular weight excluding hydrogens is 408 g/mol. The van der Waals surface area contributed by atoms with Crippen LogP contribution in [0.4, 0.5) is 0 Å². The summed E-state index contributed by atoms with van der Waals surface area (Å²) in [6.07, 6.45) is 2.23. The van der Waals surface area contributed by atoms with E-state index in [0.717, 1.165) is 33.7 Å². The number of carbonyl (C=O) groups excluding carboxylic acids is 1. The largest absolute Gasteiger partial charge is 0.464 e. The first-order valence-corrected chi connectivity index (χ1v) is 11.1. The second-order valence-corrected chi connectivity index (χ2v) is 7.59. The Morgan fingerprint density at radius 1 is 0.818 bits per heavy atom. The van der Waals surface area contributed by atoms with E-state index in [2.05, 4.69) is 4.98 Å². The number of nitrogens with zero attached hydrogens (tertiary/aromatic N) is 2.